The first-order valence-corrected chi connectivity index (χ1v) is 6.51. The number of hydrogen-bond acceptors (Lipinski definition) is 2. The zero-order valence-electron chi connectivity index (χ0n) is 10.3. The Hall–Kier alpha value is -1.51. The van der Waals surface area contributed by atoms with E-state index < -0.39 is 0 Å². The van der Waals surface area contributed by atoms with Crippen LogP contribution in [0.5, 0.6) is 5.75 Å². The van der Waals surface area contributed by atoms with Crippen LogP contribution in [0, 0.1) is 6.92 Å². The van der Waals surface area contributed by atoms with Crippen molar-refractivity contribution in [2.75, 3.05) is 0 Å². The summed E-state index contributed by atoms with van der Waals surface area (Å²) in [5.41, 5.74) is 1.87. The molecule has 0 amide bonds. The number of ether oxygens (including phenoxy) is 1. The molecule has 0 fully saturated rings. The van der Waals surface area contributed by atoms with Gasteiger partial charge in [0.05, 0.1) is 6.42 Å². The van der Waals surface area contributed by atoms with Crippen molar-refractivity contribution in [2.24, 2.45) is 0 Å². The summed E-state index contributed by atoms with van der Waals surface area (Å²) in [6, 6.07) is 12.2. The number of esters is 1. The third-order valence-corrected chi connectivity index (χ3v) is 3.14. The van der Waals surface area contributed by atoms with Gasteiger partial charge in [-0.25, -0.2) is 0 Å². The molecule has 2 aromatic carbocycles. The molecule has 0 aliphatic rings. The van der Waals surface area contributed by atoms with Crippen LogP contribution in [0.3, 0.4) is 0 Å². The maximum absolute atomic E-state index is 11.8. The molecule has 2 rings (SSSR count). The van der Waals surface area contributed by atoms with Gasteiger partial charge in [-0.05, 0) is 48.4 Å². The molecule has 98 valence electrons. The predicted molar refractivity (Wildman–Crippen MR) is 77.0 cm³/mol. The number of hydrogen-bond donors (Lipinski definition) is 0. The van der Waals surface area contributed by atoms with Crippen LogP contribution >= 0.6 is 23.2 Å². The summed E-state index contributed by atoms with van der Waals surface area (Å²) in [5, 5.41) is 1.14. The molecule has 2 aromatic rings. The maximum atomic E-state index is 11.8. The monoisotopic (exact) mass is 294 g/mol. The van der Waals surface area contributed by atoms with Crippen LogP contribution in [-0.4, -0.2) is 5.97 Å². The zero-order chi connectivity index (χ0) is 13.8. The van der Waals surface area contributed by atoms with E-state index in [4.69, 9.17) is 27.9 Å². The highest BCUT2D eigenvalue weighted by Gasteiger charge is 2.09. The van der Waals surface area contributed by atoms with E-state index in [-0.39, 0.29) is 12.4 Å². The third kappa shape index (κ3) is 3.98. The Morgan fingerprint density at radius 1 is 1.11 bits per heavy atom. The Kier molecular flexibility index (Phi) is 4.46. The number of aryl methyl sites for hydroxylation is 1. The van der Waals surface area contributed by atoms with E-state index in [2.05, 4.69) is 0 Å². The van der Waals surface area contributed by atoms with Crippen molar-refractivity contribution in [3.63, 3.8) is 0 Å². The molecule has 19 heavy (non-hydrogen) atoms. The van der Waals surface area contributed by atoms with Crippen molar-refractivity contribution < 1.29 is 9.53 Å². The van der Waals surface area contributed by atoms with E-state index in [9.17, 15) is 4.79 Å². The highest BCUT2D eigenvalue weighted by Crippen LogP contribution is 2.19. The summed E-state index contributed by atoms with van der Waals surface area (Å²) in [4.78, 5) is 11.8. The van der Waals surface area contributed by atoms with Crippen LogP contribution in [0.15, 0.2) is 42.5 Å². The quantitative estimate of drug-likeness (QED) is 0.617. The largest absolute Gasteiger partial charge is 0.426 e. The maximum Gasteiger partial charge on any atom is 0.315 e. The fourth-order valence-corrected chi connectivity index (χ4v) is 2.06. The topological polar surface area (TPSA) is 26.3 Å². The average Bonchev–Trinajstić information content (AvgIpc) is 2.34. The van der Waals surface area contributed by atoms with Crippen LogP contribution in [0.2, 0.25) is 10.0 Å². The van der Waals surface area contributed by atoms with Crippen molar-refractivity contribution in [3.05, 3.63) is 63.6 Å². The fraction of sp³-hybridized carbons (Fsp3) is 0.133. The van der Waals surface area contributed by atoms with Gasteiger partial charge in [0.15, 0.2) is 0 Å². The van der Waals surface area contributed by atoms with Crippen LogP contribution < -0.4 is 4.74 Å². The molecule has 2 nitrogen and oxygen atoms in total. The first-order valence-electron chi connectivity index (χ1n) is 5.76. The molecule has 0 aliphatic heterocycles. The fourth-order valence-electron chi connectivity index (χ4n) is 1.68. The van der Waals surface area contributed by atoms with E-state index in [1.807, 2.05) is 13.0 Å². The molecular formula is C15H12Cl2O2. The smallest absolute Gasteiger partial charge is 0.315 e. The molecule has 0 N–H and O–H groups in total. The van der Waals surface area contributed by atoms with Crippen LogP contribution in [0.4, 0.5) is 0 Å². The highest BCUT2D eigenvalue weighted by atomic mass is 35.5. The summed E-state index contributed by atoms with van der Waals surface area (Å²) < 4.78 is 5.23. The van der Waals surface area contributed by atoms with Crippen molar-refractivity contribution in [1.82, 2.24) is 0 Å². The molecule has 0 aromatic heterocycles. The standard InChI is InChI=1S/C15H12Cl2O2/c1-10-5-6-13(17)7-11(10)8-15(18)19-14-4-2-3-12(16)9-14/h2-7,9H,8H2,1H3. The van der Waals surface area contributed by atoms with E-state index in [0.717, 1.165) is 11.1 Å². The number of carbonyl (C=O) groups is 1. The molecule has 0 saturated heterocycles. The van der Waals surface area contributed by atoms with Gasteiger partial charge >= 0.3 is 5.97 Å². The number of rotatable bonds is 3. The van der Waals surface area contributed by atoms with E-state index in [1.165, 1.54) is 0 Å². The molecule has 4 heteroatoms. The summed E-state index contributed by atoms with van der Waals surface area (Å²) in [6.07, 6.45) is 0.179. The second-order valence-electron chi connectivity index (χ2n) is 4.18. The second-order valence-corrected chi connectivity index (χ2v) is 5.05. The molecule has 0 atom stereocenters. The Morgan fingerprint density at radius 2 is 1.84 bits per heavy atom. The summed E-state index contributed by atoms with van der Waals surface area (Å²) >= 11 is 11.7. The molecular weight excluding hydrogens is 283 g/mol. The third-order valence-electron chi connectivity index (χ3n) is 2.67. The first-order chi connectivity index (χ1) is 9.04. The van der Waals surface area contributed by atoms with Gasteiger partial charge in [-0.3, -0.25) is 4.79 Å². The van der Waals surface area contributed by atoms with Gasteiger partial charge in [0.2, 0.25) is 0 Å². The highest BCUT2D eigenvalue weighted by molar-refractivity contribution is 6.31. The Labute approximate surface area is 121 Å². The Balaban J connectivity index is 2.07. The first kappa shape index (κ1) is 13.9. The van der Waals surface area contributed by atoms with Crippen molar-refractivity contribution in [1.29, 1.82) is 0 Å². The molecule has 0 bridgehead atoms. The normalized spacial score (nSPS) is 10.3. The number of carbonyl (C=O) groups excluding carboxylic acids is 1. The lowest BCUT2D eigenvalue weighted by molar-refractivity contribution is -0.133. The average molecular weight is 295 g/mol. The van der Waals surface area contributed by atoms with Crippen LogP contribution in [-0.2, 0) is 11.2 Å². The van der Waals surface area contributed by atoms with Gasteiger partial charge in [-0.1, -0.05) is 35.3 Å². The van der Waals surface area contributed by atoms with E-state index in [1.54, 1.807) is 36.4 Å². The molecule has 0 aliphatic carbocycles. The van der Waals surface area contributed by atoms with Gasteiger partial charge in [0.25, 0.3) is 0 Å². The van der Waals surface area contributed by atoms with Crippen molar-refractivity contribution >= 4 is 29.2 Å². The lowest BCUT2D eigenvalue weighted by Gasteiger charge is -2.07. The van der Waals surface area contributed by atoms with Crippen LogP contribution in [0.1, 0.15) is 11.1 Å². The van der Waals surface area contributed by atoms with E-state index >= 15 is 0 Å². The Morgan fingerprint density at radius 3 is 2.58 bits per heavy atom. The van der Waals surface area contributed by atoms with Crippen LogP contribution in [0.25, 0.3) is 0 Å². The second kappa shape index (κ2) is 6.09. The van der Waals surface area contributed by atoms with Gasteiger partial charge in [-0.15, -0.1) is 0 Å². The lowest BCUT2D eigenvalue weighted by Crippen LogP contribution is -2.12. The lowest BCUT2D eigenvalue weighted by atomic mass is 10.1. The summed E-state index contributed by atoms with van der Waals surface area (Å²) in [6.45, 7) is 1.93. The minimum Gasteiger partial charge on any atom is -0.426 e. The summed E-state index contributed by atoms with van der Waals surface area (Å²) in [7, 11) is 0. The predicted octanol–water partition coefficient (Wildman–Crippen LogP) is 4.45. The molecule has 0 unspecified atom stereocenters. The summed E-state index contributed by atoms with van der Waals surface area (Å²) in [5.74, 6) is 0.102. The molecule has 0 radical (unpaired) electrons. The number of halogens is 2. The van der Waals surface area contributed by atoms with Gasteiger partial charge < -0.3 is 4.74 Å². The van der Waals surface area contributed by atoms with Crippen molar-refractivity contribution in [2.45, 2.75) is 13.3 Å². The minimum absolute atomic E-state index is 0.179. The van der Waals surface area contributed by atoms with Gasteiger partial charge in [0.1, 0.15) is 5.75 Å². The molecule has 0 heterocycles. The van der Waals surface area contributed by atoms with E-state index in [0.29, 0.717) is 15.8 Å². The van der Waals surface area contributed by atoms with Gasteiger partial charge in [-0.2, -0.15) is 0 Å². The Bertz CT molecular complexity index is 609. The SMILES string of the molecule is Cc1ccc(Cl)cc1CC(=O)Oc1cccc(Cl)c1. The number of benzene rings is 2. The molecule has 0 spiro atoms. The molecule has 0 saturated carbocycles. The van der Waals surface area contributed by atoms with Gasteiger partial charge in [0, 0.05) is 10.0 Å². The van der Waals surface area contributed by atoms with Crippen molar-refractivity contribution in [3.8, 4) is 5.75 Å². The minimum atomic E-state index is -0.340. The zero-order valence-corrected chi connectivity index (χ0v) is 11.8.